The predicted molar refractivity (Wildman–Crippen MR) is 100 cm³/mol. The quantitative estimate of drug-likeness (QED) is 0.766. The Hall–Kier alpha value is -2.11. The van der Waals surface area contributed by atoms with E-state index >= 15 is 0 Å². The minimum absolute atomic E-state index is 0.343. The number of aryl methyl sites for hydroxylation is 2. The first-order chi connectivity index (χ1) is 12.0. The molecule has 0 spiro atoms. The third-order valence-electron chi connectivity index (χ3n) is 4.92. The molecule has 0 aliphatic carbocycles. The second-order valence-corrected chi connectivity index (χ2v) is 8.60. The first kappa shape index (κ1) is 16.4. The van der Waals surface area contributed by atoms with E-state index < -0.39 is 10.0 Å². The molecule has 3 aromatic rings. The number of fused-ring (bicyclic) bond motifs is 3. The third-order valence-corrected chi connectivity index (χ3v) is 6.68. The van der Waals surface area contributed by atoms with Gasteiger partial charge in [-0.25, -0.2) is 12.4 Å². The van der Waals surface area contributed by atoms with Crippen LogP contribution < -0.4 is 5.32 Å². The molecule has 1 aromatic heterocycles. The van der Waals surface area contributed by atoms with Gasteiger partial charge in [0.25, 0.3) is 10.0 Å². The summed E-state index contributed by atoms with van der Waals surface area (Å²) in [5.74, 6) is 0. The van der Waals surface area contributed by atoms with Gasteiger partial charge in [0.2, 0.25) is 0 Å². The van der Waals surface area contributed by atoms with Gasteiger partial charge in [-0.1, -0.05) is 29.3 Å². The molecule has 0 saturated carbocycles. The van der Waals surface area contributed by atoms with Gasteiger partial charge in [-0.2, -0.15) is 0 Å². The van der Waals surface area contributed by atoms with E-state index in [1.54, 1.807) is 16.1 Å². The number of aromatic nitrogens is 1. The van der Waals surface area contributed by atoms with E-state index in [0.29, 0.717) is 11.4 Å². The number of rotatable bonds is 2. The van der Waals surface area contributed by atoms with Gasteiger partial charge in [0.05, 0.1) is 10.4 Å². The Balaban J connectivity index is 2.04. The van der Waals surface area contributed by atoms with Crippen LogP contribution in [0.5, 0.6) is 0 Å². The molecule has 2 heterocycles. The van der Waals surface area contributed by atoms with Crippen molar-refractivity contribution >= 4 is 20.9 Å². The molecule has 1 aliphatic heterocycles. The minimum Gasteiger partial charge on any atom is -0.313 e. The second kappa shape index (κ2) is 6.00. The zero-order valence-electron chi connectivity index (χ0n) is 14.5. The van der Waals surface area contributed by atoms with Crippen molar-refractivity contribution in [3.8, 4) is 0 Å². The molecular weight excluding hydrogens is 332 g/mol. The summed E-state index contributed by atoms with van der Waals surface area (Å²) < 4.78 is 28.4. The Morgan fingerprint density at radius 3 is 2.48 bits per heavy atom. The van der Waals surface area contributed by atoms with Crippen molar-refractivity contribution in [3.63, 3.8) is 0 Å². The van der Waals surface area contributed by atoms with Gasteiger partial charge >= 0.3 is 0 Å². The maximum atomic E-state index is 13.4. The lowest BCUT2D eigenvalue weighted by Crippen LogP contribution is -2.16. The zero-order chi connectivity index (χ0) is 17.6. The van der Waals surface area contributed by atoms with Crippen LogP contribution in [0.3, 0.4) is 0 Å². The summed E-state index contributed by atoms with van der Waals surface area (Å²) in [6.45, 7) is 5.63. The van der Waals surface area contributed by atoms with Crippen LogP contribution in [0.2, 0.25) is 0 Å². The molecule has 0 radical (unpaired) electrons. The summed E-state index contributed by atoms with van der Waals surface area (Å²) in [6, 6.07) is 13.1. The van der Waals surface area contributed by atoms with Crippen molar-refractivity contribution in [2.75, 3.05) is 6.54 Å². The van der Waals surface area contributed by atoms with E-state index in [9.17, 15) is 8.42 Å². The molecule has 0 atom stereocenters. The Bertz CT molecular complexity index is 1050. The van der Waals surface area contributed by atoms with Crippen LogP contribution in [0.1, 0.15) is 28.8 Å². The number of benzene rings is 2. The van der Waals surface area contributed by atoms with Crippen LogP contribution in [0.15, 0.2) is 47.4 Å². The van der Waals surface area contributed by atoms with Crippen molar-refractivity contribution in [1.82, 2.24) is 9.29 Å². The van der Waals surface area contributed by atoms with E-state index in [2.05, 4.69) is 11.4 Å². The highest BCUT2D eigenvalue weighted by atomic mass is 32.2. The molecule has 4 rings (SSSR count). The number of nitrogens with one attached hydrogen (secondary N) is 1. The normalized spacial score (nSPS) is 15.1. The Kier molecular flexibility index (Phi) is 3.93. The van der Waals surface area contributed by atoms with E-state index in [1.165, 1.54) is 0 Å². The minimum atomic E-state index is -3.62. The maximum absolute atomic E-state index is 13.4. The van der Waals surface area contributed by atoms with Crippen LogP contribution in [0.25, 0.3) is 10.9 Å². The summed E-state index contributed by atoms with van der Waals surface area (Å²) in [4.78, 5) is 0.343. The Morgan fingerprint density at radius 1 is 1.00 bits per heavy atom. The summed E-state index contributed by atoms with van der Waals surface area (Å²) in [7, 11) is -3.62. The van der Waals surface area contributed by atoms with Gasteiger partial charge in [0.1, 0.15) is 0 Å². The van der Waals surface area contributed by atoms with Gasteiger partial charge in [-0.15, -0.1) is 0 Å². The molecule has 1 aliphatic rings. The molecule has 0 unspecified atom stereocenters. The maximum Gasteiger partial charge on any atom is 0.268 e. The van der Waals surface area contributed by atoms with Crippen LogP contribution >= 0.6 is 0 Å². The fourth-order valence-corrected chi connectivity index (χ4v) is 5.23. The first-order valence-corrected chi connectivity index (χ1v) is 10.1. The van der Waals surface area contributed by atoms with E-state index in [0.717, 1.165) is 52.7 Å². The smallest absolute Gasteiger partial charge is 0.268 e. The van der Waals surface area contributed by atoms with Crippen molar-refractivity contribution in [3.05, 3.63) is 64.8 Å². The predicted octanol–water partition coefficient (Wildman–Crippen LogP) is 3.53. The highest BCUT2D eigenvalue weighted by Crippen LogP contribution is 2.33. The molecule has 0 saturated heterocycles. The van der Waals surface area contributed by atoms with Crippen molar-refractivity contribution in [2.45, 2.75) is 38.1 Å². The average Bonchev–Trinajstić information content (AvgIpc) is 2.73. The zero-order valence-corrected chi connectivity index (χ0v) is 15.4. The van der Waals surface area contributed by atoms with Crippen LogP contribution in [0.4, 0.5) is 0 Å². The van der Waals surface area contributed by atoms with Crippen molar-refractivity contribution in [1.29, 1.82) is 0 Å². The van der Waals surface area contributed by atoms with Gasteiger partial charge in [-0.3, -0.25) is 0 Å². The fourth-order valence-electron chi connectivity index (χ4n) is 3.63. The molecule has 130 valence electrons. The van der Waals surface area contributed by atoms with Crippen LogP contribution in [0, 0.1) is 13.8 Å². The summed E-state index contributed by atoms with van der Waals surface area (Å²) >= 11 is 0. The fraction of sp³-hybridized carbons (Fsp3) is 0.300. The molecule has 4 nitrogen and oxygen atoms in total. The molecule has 25 heavy (non-hydrogen) atoms. The average molecular weight is 354 g/mol. The Morgan fingerprint density at radius 2 is 1.72 bits per heavy atom. The van der Waals surface area contributed by atoms with Gasteiger partial charge in [-0.05, 0) is 63.1 Å². The van der Waals surface area contributed by atoms with Gasteiger partial charge in [0.15, 0.2) is 0 Å². The Labute approximate surface area is 148 Å². The molecule has 1 N–H and O–H groups in total. The largest absolute Gasteiger partial charge is 0.313 e. The number of hydrogen-bond acceptors (Lipinski definition) is 3. The van der Waals surface area contributed by atoms with Gasteiger partial charge < -0.3 is 5.32 Å². The number of hydrogen-bond donors (Lipinski definition) is 1. The molecule has 0 amide bonds. The second-order valence-electron chi connectivity index (χ2n) is 6.81. The molecule has 0 fully saturated rings. The van der Waals surface area contributed by atoms with Gasteiger partial charge in [0, 0.05) is 17.6 Å². The molecular formula is C20H22N2O2S. The van der Waals surface area contributed by atoms with Crippen LogP contribution in [-0.4, -0.2) is 18.9 Å². The van der Waals surface area contributed by atoms with E-state index in [4.69, 9.17) is 0 Å². The molecule has 5 heteroatoms. The first-order valence-electron chi connectivity index (χ1n) is 8.64. The van der Waals surface area contributed by atoms with E-state index in [-0.39, 0.29) is 0 Å². The molecule has 0 bridgehead atoms. The summed E-state index contributed by atoms with van der Waals surface area (Å²) in [5, 5.41) is 4.46. The standard InChI is InChI=1S/C20H22N2O2S/c1-14-5-8-16(9-6-14)25(23,24)22-19-4-3-11-21-13-18(19)17-12-15(2)7-10-20(17)22/h5-10,12,21H,3-4,11,13H2,1-2H3. The SMILES string of the molecule is Cc1ccc(S(=O)(=O)n2c3c(c4cc(C)ccc42)CNCCC3)cc1. The number of nitrogens with zero attached hydrogens (tertiary/aromatic N) is 1. The lowest BCUT2D eigenvalue weighted by Gasteiger charge is -2.12. The summed E-state index contributed by atoms with van der Waals surface area (Å²) in [6.07, 6.45) is 1.70. The lowest BCUT2D eigenvalue weighted by atomic mass is 10.1. The summed E-state index contributed by atoms with van der Waals surface area (Å²) in [5.41, 5.74) is 5.01. The highest BCUT2D eigenvalue weighted by molar-refractivity contribution is 7.90. The lowest BCUT2D eigenvalue weighted by molar-refractivity contribution is 0.586. The van der Waals surface area contributed by atoms with Crippen molar-refractivity contribution in [2.24, 2.45) is 0 Å². The molecule has 2 aromatic carbocycles. The van der Waals surface area contributed by atoms with Crippen molar-refractivity contribution < 1.29 is 8.42 Å². The highest BCUT2D eigenvalue weighted by Gasteiger charge is 2.27. The monoisotopic (exact) mass is 354 g/mol. The van der Waals surface area contributed by atoms with E-state index in [1.807, 2.05) is 38.1 Å². The topological polar surface area (TPSA) is 51.1 Å². The van der Waals surface area contributed by atoms with Crippen LogP contribution in [-0.2, 0) is 23.0 Å². The third kappa shape index (κ3) is 2.68.